The lowest BCUT2D eigenvalue weighted by atomic mass is 9.77. The third-order valence-electron chi connectivity index (χ3n) is 5.33. The molecule has 0 amide bonds. The van der Waals surface area contributed by atoms with Gasteiger partial charge in [-0.05, 0) is 55.2 Å². The molecule has 2 aromatic rings. The van der Waals surface area contributed by atoms with Gasteiger partial charge in [-0.2, -0.15) is 0 Å². The molecule has 0 atom stereocenters. The van der Waals surface area contributed by atoms with Crippen molar-refractivity contribution in [2.45, 2.75) is 51.4 Å². The van der Waals surface area contributed by atoms with Crippen molar-refractivity contribution < 1.29 is 22.7 Å². The average Bonchev–Trinajstić information content (AvgIpc) is 2.67. The fraction of sp³-hybridized carbons (Fsp3) is 0.409. The lowest BCUT2D eigenvalue weighted by molar-refractivity contribution is 0.0733. The van der Waals surface area contributed by atoms with Crippen LogP contribution in [-0.2, 0) is 0 Å². The molecule has 144 valence electrons. The number of rotatable bonds is 5. The molecule has 0 bridgehead atoms. The van der Waals surface area contributed by atoms with E-state index in [1.54, 1.807) is 12.1 Å². The van der Waals surface area contributed by atoms with Crippen molar-refractivity contribution in [1.82, 2.24) is 0 Å². The minimum absolute atomic E-state index is 0.281. The SMILES string of the molecule is CCC[C@H]1CC[C@H](c2ccc(C(=O)Oc3cc(F)c(F)c(F)c3)cc2)CC1. The van der Waals surface area contributed by atoms with E-state index in [9.17, 15) is 18.0 Å². The fourth-order valence-electron chi connectivity index (χ4n) is 3.84. The van der Waals surface area contributed by atoms with E-state index in [2.05, 4.69) is 6.92 Å². The van der Waals surface area contributed by atoms with Crippen LogP contribution in [0.4, 0.5) is 13.2 Å². The molecular formula is C22H23F3O2. The molecule has 5 heteroatoms. The molecule has 0 radical (unpaired) electrons. The second-order valence-electron chi connectivity index (χ2n) is 7.22. The van der Waals surface area contributed by atoms with Crippen LogP contribution >= 0.6 is 0 Å². The van der Waals surface area contributed by atoms with Crippen molar-refractivity contribution in [1.29, 1.82) is 0 Å². The zero-order valence-corrected chi connectivity index (χ0v) is 15.3. The largest absolute Gasteiger partial charge is 0.423 e. The van der Waals surface area contributed by atoms with Gasteiger partial charge in [-0.25, -0.2) is 18.0 Å². The number of carbonyl (C=O) groups excluding carboxylic acids is 1. The van der Waals surface area contributed by atoms with Crippen LogP contribution in [0.3, 0.4) is 0 Å². The molecule has 0 saturated heterocycles. The Hall–Kier alpha value is -2.30. The topological polar surface area (TPSA) is 26.3 Å². The molecule has 0 spiro atoms. The van der Waals surface area contributed by atoms with Crippen LogP contribution in [0.5, 0.6) is 5.75 Å². The van der Waals surface area contributed by atoms with Gasteiger partial charge < -0.3 is 4.74 Å². The van der Waals surface area contributed by atoms with Crippen molar-refractivity contribution >= 4 is 5.97 Å². The molecule has 1 fully saturated rings. The summed E-state index contributed by atoms with van der Waals surface area (Å²) in [5.74, 6) is -4.15. The fourth-order valence-corrected chi connectivity index (χ4v) is 3.84. The van der Waals surface area contributed by atoms with Crippen LogP contribution in [0, 0.1) is 23.4 Å². The van der Waals surface area contributed by atoms with Crippen LogP contribution in [-0.4, -0.2) is 5.97 Å². The van der Waals surface area contributed by atoms with Crippen LogP contribution < -0.4 is 4.74 Å². The van der Waals surface area contributed by atoms with Crippen LogP contribution in [0.15, 0.2) is 36.4 Å². The first-order chi connectivity index (χ1) is 13.0. The van der Waals surface area contributed by atoms with E-state index in [4.69, 9.17) is 4.74 Å². The Morgan fingerprint density at radius 1 is 1.00 bits per heavy atom. The number of hydrogen-bond donors (Lipinski definition) is 0. The van der Waals surface area contributed by atoms with Crippen molar-refractivity contribution in [3.8, 4) is 5.75 Å². The Kier molecular flexibility index (Phi) is 6.19. The van der Waals surface area contributed by atoms with E-state index >= 15 is 0 Å². The second kappa shape index (κ2) is 8.59. The second-order valence-corrected chi connectivity index (χ2v) is 7.22. The van der Waals surface area contributed by atoms with Gasteiger partial charge in [0.2, 0.25) is 0 Å². The molecule has 1 aliphatic carbocycles. The van der Waals surface area contributed by atoms with Crippen LogP contribution in [0.1, 0.15) is 67.3 Å². The highest BCUT2D eigenvalue weighted by molar-refractivity contribution is 5.91. The van der Waals surface area contributed by atoms with Gasteiger partial charge in [0.15, 0.2) is 17.5 Å². The van der Waals surface area contributed by atoms with Crippen molar-refractivity contribution in [2.75, 3.05) is 0 Å². The van der Waals surface area contributed by atoms with E-state index in [0.29, 0.717) is 18.1 Å². The van der Waals surface area contributed by atoms with Crippen molar-refractivity contribution in [3.05, 3.63) is 65.0 Å². The summed E-state index contributed by atoms with van der Waals surface area (Å²) in [6.45, 7) is 2.22. The van der Waals surface area contributed by atoms with Gasteiger partial charge in [0.25, 0.3) is 0 Å². The third-order valence-corrected chi connectivity index (χ3v) is 5.33. The highest BCUT2D eigenvalue weighted by atomic mass is 19.2. The molecule has 2 nitrogen and oxygen atoms in total. The summed E-state index contributed by atoms with van der Waals surface area (Å²) in [6, 6.07) is 8.44. The zero-order chi connectivity index (χ0) is 19.4. The maximum absolute atomic E-state index is 13.2. The lowest BCUT2D eigenvalue weighted by Crippen LogP contribution is -2.14. The maximum Gasteiger partial charge on any atom is 0.343 e. The number of benzene rings is 2. The smallest absolute Gasteiger partial charge is 0.343 e. The summed E-state index contributed by atoms with van der Waals surface area (Å²) >= 11 is 0. The Morgan fingerprint density at radius 2 is 1.59 bits per heavy atom. The first-order valence-corrected chi connectivity index (χ1v) is 9.44. The third kappa shape index (κ3) is 4.71. The zero-order valence-electron chi connectivity index (χ0n) is 15.3. The molecule has 1 aliphatic rings. The van der Waals surface area contributed by atoms with Crippen LogP contribution in [0.2, 0.25) is 0 Å². The molecular weight excluding hydrogens is 353 g/mol. The predicted molar refractivity (Wildman–Crippen MR) is 97.3 cm³/mol. The van der Waals surface area contributed by atoms with Gasteiger partial charge in [0.05, 0.1) is 5.56 Å². The summed E-state index contributed by atoms with van der Waals surface area (Å²) in [5, 5.41) is 0. The predicted octanol–water partition coefficient (Wildman–Crippen LogP) is 6.40. The average molecular weight is 376 g/mol. The summed E-state index contributed by atoms with van der Waals surface area (Å²) in [7, 11) is 0. The monoisotopic (exact) mass is 376 g/mol. The summed E-state index contributed by atoms with van der Waals surface area (Å²) in [6.07, 6.45) is 7.31. The summed E-state index contributed by atoms with van der Waals surface area (Å²) in [5.41, 5.74) is 1.48. The molecule has 2 aromatic carbocycles. The number of hydrogen-bond acceptors (Lipinski definition) is 2. The maximum atomic E-state index is 13.2. The number of halogens is 3. The highest BCUT2D eigenvalue weighted by Gasteiger charge is 2.22. The van der Waals surface area contributed by atoms with E-state index in [1.165, 1.54) is 31.2 Å². The van der Waals surface area contributed by atoms with Crippen molar-refractivity contribution in [3.63, 3.8) is 0 Å². The highest BCUT2D eigenvalue weighted by Crippen LogP contribution is 2.37. The van der Waals surface area contributed by atoms with Gasteiger partial charge in [-0.1, -0.05) is 31.9 Å². The van der Waals surface area contributed by atoms with E-state index < -0.39 is 23.4 Å². The molecule has 0 N–H and O–H groups in total. The Labute approximate surface area is 157 Å². The van der Waals surface area contributed by atoms with Gasteiger partial charge in [0.1, 0.15) is 5.75 Å². The van der Waals surface area contributed by atoms with Gasteiger partial charge in [-0.3, -0.25) is 0 Å². The van der Waals surface area contributed by atoms with Gasteiger partial charge in [0, 0.05) is 12.1 Å². The van der Waals surface area contributed by atoms with Gasteiger partial charge in [-0.15, -0.1) is 0 Å². The normalized spacial score (nSPS) is 19.7. The van der Waals surface area contributed by atoms with E-state index in [0.717, 1.165) is 18.8 Å². The Morgan fingerprint density at radius 3 is 2.15 bits per heavy atom. The quantitative estimate of drug-likeness (QED) is 0.343. The van der Waals surface area contributed by atoms with E-state index in [1.807, 2.05) is 12.1 Å². The molecule has 0 aliphatic heterocycles. The lowest BCUT2D eigenvalue weighted by Gasteiger charge is -2.28. The molecule has 0 aromatic heterocycles. The first kappa shape index (κ1) is 19.5. The molecule has 1 saturated carbocycles. The minimum Gasteiger partial charge on any atom is -0.423 e. The van der Waals surface area contributed by atoms with Crippen LogP contribution in [0.25, 0.3) is 0 Å². The number of carbonyl (C=O) groups is 1. The van der Waals surface area contributed by atoms with Gasteiger partial charge >= 0.3 is 5.97 Å². The number of ether oxygens (including phenoxy) is 1. The standard InChI is InChI=1S/C22H23F3O2/c1-2-3-14-4-6-15(7-5-14)16-8-10-17(11-9-16)22(26)27-18-12-19(23)21(25)20(24)13-18/h8-15H,2-7H2,1H3/t14-,15-. The van der Waals surface area contributed by atoms with Crippen molar-refractivity contribution in [2.24, 2.45) is 5.92 Å². The number of esters is 1. The van der Waals surface area contributed by atoms with E-state index in [-0.39, 0.29) is 11.3 Å². The molecule has 0 heterocycles. The minimum atomic E-state index is -1.59. The Balaban J connectivity index is 1.62. The molecule has 0 unspecified atom stereocenters. The first-order valence-electron chi connectivity index (χ1n) is 9.44. The molecule has 27 heavy (non-hydrogen) atoms. The summed E-state index contributed by atoms with van der Waals surface area (Å²) in [4.78, 5) is 12.2. The Bertz CT molecular complexity index is 771. The molecule has 3 rings (SSSR count). The summed E-state index contributed by atoms with van der Waals surface area (Å²) < 4.78 is 44.4.